The third-order valence-corrected chi connectivity index (χ3v) is 3.68. The summed E-state index contributed by atoms with van der Waals surface area (Å²) in [5.41, 5.74) is 0. The second kappa shape index (κ2) is 5.64. The third kappa shape index (κ3) is 2.95. The van der Waals surface area contributed by atoms with Gasteiger partial charge in [0.1, 0.15) is 0 Å². The van der Waals surface area contributed by atoms with Crippen molar-refractivity contribution in [3.05, 3.63) is 0 Å². The number of fused-ring (bicyclic) bond motifs is 1. The highest BCUT2D eigenvalue weighted by atomic mass is 16.2. The van der Waals surface area contributed by atoms with Crippen LogP contribution in [0.1, 0.15) is 26.2 Å². The first kappa shape index (κ1) is 11.9. The number of rotatable bonds is 4. The van der Waals surface area contributed by atoms with Crippen LogP contribution in [0.4, 0.5) is 0 Å². The molecule has 2 aliphatic heterocycles. The first-order chi connectivity index (χ1) is 7.79. The predicted octanol–water partition coefficient (Wildman–Crippen LogP) is 0.196. The smallest absolute Gasteiger partial charge is 0.234 e. The summed E-state index contributed by atoms with van der Waals surface area (Å²) in [6, 6.07) is 0.718. The van der Waals surface area contributed by atoms with Gasteiger partial charge in [-0.15, -0.1) is 0 Å². The van der Waals surface area contributed by atoms with Gasteiger partial charge in [0, 0.05) is 25.7 Å². The molecular formula is C12H23N3O. The molecule has 92 valence electrons. The van der Waals surface area contributed by atoms with Crippen LogP contribution < -0.4 is 10.6 Å². The monoisotopic (exact) mass is 225 g/mol. The van der Waals surface area contributed by atoms with E-state index >= 15 is 0 Å². The molecule has 2 saturated heterocycles. The second-order valence-corrected chi connectivity index (χ2v) is 4.98. The van der Waals surface area contributed by atoms with Crippen molar-refractivity contribution in [2.75, 3.05) is 32.7 Å². The van der Waals surface area contributed by atoms with Crippen molar-refractivity contribution in [1.82, 2.24) is 15.5 Å². The van der Waals surface area contributed by atoms with E-state index in [2.05, 4.69) is 22.5 Å². The number of carbonyl (C=O) groups is 1. The van der Waals surface area contributed by atoms with Gasteiger partial charge >= 0.3 is 0 Å². The average molecular weight is 225 g/mol. The van der Waals surface area contributed by atoms with Crippen LogP contribution in [0.2, 0.25) is 0 Å². The minimum atomic E-state index is 0.186. The van der Waals surface area contributed by atoms with Crippen molar-refractivity contribution in [2.45, 2.75) is 32.2 Å². The maximum Gasteiger partial charge on any atom is 0.234 e. The van der Waals surface area contributed by atoms with E-state index in [4.69, 9.17) is 0 Å². The van der Waals surface area contributed by atoms with E-state index in [0.717, 1.165) is 44.6 Å². The summed E-state index contributed by atoms with van der Waals surface area (Å²) in [6.45, 7) is 6.79. The van der Waals surface area contributed by atoms with E-state index in [1.807, 2.05) is 0 Å². The first-order valence-electron chi connectivity index (χ1n) is 6.52. The fraction of sp³-hybridized carbons (Fsp3) is 0.917. The van der Waals surface area contributed by atoms with Gasteiger partial charge in [-0.1, -0.05) is 6.92 Å². The van der Waals surface area contributed by atoms with Gasteiger partial charge < -0.3 is 10.6 Å². The summed E-state index contributed by atoms with van der Waals surface area (Å²) in [5, 5.41) is 6.48. The fourth-order valence-corrected chi connectivity index (χ4v) is 2.79. The molecule has 0 aliphatic carbocycles. The Balaban J connectivity index is 1.72. The Morgan fingerprint density at radius 2 is 2.38 bits per heavy atom. The van der Waals surface area contributed by atoms with Crippen LogP contribution in [0.5, 0.6) is 0 Å². The van der Waals surface area contributed by atoms with Crippen molar-refractivity contribution >= 4 is 5.91 Å². The highest BCUT2D eigenvalue weighted by Crippen LogP contribution is 2.24. The van der Waals surface area contributed by atoms with Crippen molar-refractivity contribution in [3.8, 4) is 0 Å². The molecule has 2 fully saturated rings. The summed E-state index contributed by atoms with van der Waals surface area (Å²) in [5.74, 6) is 0.957. The van der Waals surface area contributed by atoms with Gasteiger partial charge in [-0.3, -0.25) is 9.69 Å². The van der Waals surface area contributed by atoms with Crippen LogP contribution in [0.15, 0.2) is 0 Å². The molecule has 0 saturated carbocycles. The van der Waals surface area contributed by atoms with Crippen molar-refractivity contribution in [1.29, 1.82) is 0 Å². The molecule has 0 aromatic heterocycles. The summed E-state index contributed by atoms with van der Waals surface area (Å²) >= 11 is 0. The fourth-order valence-electron chi connectivity index (χ4n) is 2.79. The Bertz CT molecular complexity index is 244. The zero-order valence-electron chi connectivity index (χ0n) is 10.2. The predicted molar refractivity (Wildman–Crippen MR) is 64.3 cm³/mol. The van der Waals surface area contributed by atoms with Crippen molar-refractivity contribution in [2.24, 2.45) is 5.92 Å². The van der Waals surface area contributed by atoms with Gasteiger partial charge in [-0.05, 0) is 31.7 Å². The molecular weight excluding hydrogens is 202 g/mol. The minimum absolute atomic E-state index is 0.186. The maximum absolute atomic E-state index is 11.6. The zero-order chi connectivity index (χ0) is 11.4. The number of hydrogen-bond donors (Lipinski definition) is 2. The number of nitrogens with one attached hydrogen (secondary N) is 2. The second-order valence-electron chi connectivity index (χ2n) is 4.98. The molecule has 2 rings (SSSR count). The molecule has 2 N–H and O–H groups in total. The van der Waals surface area contributed by atoms with Gasteiger partial charge in [0.05, 0.1) is 6.54 Å². The van der Waals surface area contributed by atoms with E-state index in [9.17, 15) is 4.79 Å². The summed E-state index contributed by atoms with van der Waals surface area (Å²) < 4.78 is 0. The normalized spacial score (nSPS) is 30.1. The summed E-state index contributed by atoms with van der Waals surface area (Å²) in [7, 11) is 0. The topological polar surface area (TPSA) is 44.4 Å². The van der Waals surface area contributed by atoms with Gasteiger partial charge in [0.2, 0.25) is 5.91 Å². The Kier molecular flexibility index (Phi) is 4.18. The van der Waals surface area contributed by atoms with E-state index in [-0.39, 0.29) is 5.91 Å². The third-order valence-electron chi connectivity index (χ3n) is 3.68. The zero-order valence-corrected chi connectivity index (χ0v) is 10.2. The first-order valence-corrected chi connectivity index (χ1v) is 6.52. The van der Waals surface area contributed by atoms with Crippen LogP contribution in [-0.2, 0) is 4.79 Å². The van der Waals surface area contributed by atoms with Crippen LogP contribution >= 0.6 is 0 Å². The molecule has 0 spiro atoms. The van der Waals surface area contributed by atoms with Crippen LogP contribution in [-0.4, -0.2) is 49.6 Å². The van der Waals surface area contributed by atoms with Gasteiger partial charge in [0.25, 0.3) is 0 Å². The lowest BCUT2D eigenvalue weighted by Crippen LogP contribution is -2.47. The molecule has 16 heavy (non-hydrogen) atoms. The van der Waals surface area contributed by atoms with E-state index in [1.54, 1.807) is 0 Å². The highest BCUT2D eigenvalue weighted by molar-refractivity contribution is 5.77. The molecule has 2 aliphatic rings. The largest absolute Gasteiger partial charge is 0.355 e. The Labute approximate surface area is 97.8 Å². The summed E-state index contributed by atoms with van der Waals surface area (Å²) in [4.78, 5) is 13.9. The molecule has 2 unspecified atom stereocenters. The van der Waals surface area contributed by atoms with Crippen molar-refractivity contribution < 1.29 is 4.79 Å². The molecule has 2 atom stereocenters. The average Bonchev–Trinajstić information content (AvgIpc) is 2.73. The molecule has 4 nitrogen and oxygen atoms in total. The number of nitrogens with zero attached hydrogens (tertiary/aromatic N) is 1. The maximum atomic E-state index is 11.6. The Morgan fingerprint density at radius 3 is 3.19 bits per heavy atom. The number of amides is 1. The lowest BCUT2D eigenvalue weighted by molar-refractivity contribution is -0.122. The molecule has 0 aromatic rings. The molecule has 4 heteroatoms. The van der Waals surface area contributed by atoms with Crippen LogP contribution in [0, 0.1) is 5.92 Å². The van der Waals surface area contributed by atoms with E-state index in [1.165, 1.54) is 12.8 Å². The number of likely N-dealkylation sites (tertiary alicyclic amines) is 1. The van der Waals surface area contributed by atoms with E-state index in [0.29, 0.717) is 6.54 Å². The highest BCUT2D eigenvalue weighted by Gasteiger charge is 2.32. The quantitative estimate of drug-likeness (QED) is 0.718. The standard InChI is InChI=1S/C12H23N3O/c1-2-5-14-12(16)9-15-7-4-11-10(8-15)3-6-13-11/h10-11,13H,2-9H2,1H3,(H,14,16). The van der Waals surface area contributed by atoms with Crippen LogP contribution in [0.25, 0.3) is 0 Å². The molecule has 1 amide bonds. The van der Waals surface area contributed by atoms with E-state index < -0.39 is 0 Å². The molecule has 0 radical (unpaired) electrons. The van der Waals surface area contributed by atoms with Gasteiger partial charge in [0.15, 0.2) is 0 Å². The van der Waals surface area contributed by atoms with Gasteiger partial charge in [-0.2, -0.15) is 0 Å². The lowest BCUT2D eigenvalue weighted by atomic mass is 9.93. The Hall–Kier alpha value is -0.610. The molecule has 0 aromatic carbocycles. The molecule has 0 bridgehead atoms. The number of piperidine rings is 1. The number of hydrogen-bond acceptors (Lipinski definition) is 3. The van der Waals surface area contributed by atoms with Crippen molar-refractivity contribution in [3.63, 3.8) is 0 Å². The summed E-state index contributed by atoms with van der Waals surface area (Å²) in [6.07, 6.45) is 3.49. The SMILES string of the molecule is CCCNC(=O)CN1CCC2NCCC2C1. The lowest BCUT2D eigenvalue weighted by Gasteiger charge is -2.34. The molecule has 2 heterocycles. The van der Waals surface area contributed by atoms with Crippen LogP contribution in [0.3, 0.4) is 0 Å². The number of carbonyl (C=O) groups excluding carboxylic acids is 1. The van der Waals surface area contributed by atoms with Gasteiger partial charge in [-0.25, -0.2) is 0 Å². The Morgan fingerprint density at radius 1 is 1.50 bits per heavy atom. The minimum Gasteiger partial charge on any atom is -0.355 e.